The lowest BCUT2D eigenvalue weighted by atomic mass is 10.0. The van der Waals surface area contributed by atoms with Crippen molar-refractivity contribution in [3.05, 3.63) is 28.5 Å². The molecule has 1 aliphatic rings. The van der Waals surface area contributed by atoms with Gasteiger partial charge in [0.1, 0.15) is 11.3 Å². The zero-order valence-corrected chi connectivity index (χ0v) is 12.0. The summed E-state index contributed by atoms with van der Waals surface area (Å²) in [6.45, 7) is 5.09. The molecular weight excluding hydrogens is 260 g/mol. The van der Waals surface area contributed by atoms with Crippen molar-refractivity contribution < 1.29 is 4.79 Å². The van der Waals surface area contributed by atoms with Crippen molar-refractivity contribution in [2.45, 2.75) is 45.6 Å². The molecule has 1 aromatic carbocycles. The molecule has 4 heteroatoms. The standard InChI is InChI=1S/C15H17ClN2O/c1-3-9(4-2)15-17-13-11(16)6-5-10-12(19)7-8-18(15)14(10)13/h5-6,9H,3-4,7-8H2,1-2H3. The molecule has 0 atom stereocenters. The fourth-order valence-electron chi connectivity index (χ4n) is 2.99. The molecule has 3 rings (SSSR count). The van der Waals surface area contributed by atoms with Crippen molar-refractivity contribution >= 4 is 28.4 Å². The number of carbonyl (C=O) groups excluding carboxylic acids is 1. The summed E-state index contributed by atoms with van der Waals surface area (Å²) in [6.07, 6.45) is 2.68. The lowest BCUT2D eigenvalue weighted by Crippen LogP contribution is -2.17. The van der Waals surface area contributed by atoms with Gasteiger partial charge in [-0.15, -0.1) is 0 Å². The summed E-state index contributed by atoms with van der Waals surface area (Å²) in [5, 5.41) is 0.638. The minimum absolute atomic E-state index is 0.199. The maximum Gasteiger partial charge on any atom is 0.166 e. The van der Waals surface area contributed by atoms with Crippen molar-refractivity contribution in [2.75, 3.05) is 0 Å². The minimum atomic E-state index is 0.199. The van der Waals surface area contributed by atoms with Crippen LogP contribution < -0.4 is 0 Å². The number of hydrogen-bond acceptors (Lipinski definition) is 2. The molecule has 0 bridgehead atoms. The number of aryl methyl sites for hydroxylation is 1. The number of ketones is 1. The van der Waals surface area contributed by atoms with Gasteiger partial charge in [0.15, 0.2) is 5.78 Å². The van der Waals surface area contributed by atoms with Gasteiger partial charge in [-0.25, -0.2) is 4.98 Å². The number of carbonyl (C=O) groups is 1. The summed E-state index contributed by atoms with van der Waals surface area (Å²) in [5.41, 5.74) is 2.50. The predicted octanol–water partition coefficient (Wildman–Crippen LogP) is 4.18. The van der Waals surface area contributed by atoms with Crippen LogP contribution >= 0.6 is 11.6 Å². The van der Waals surface area contributed by atoms with Gasteiger partial charge in [-0.05, 0) is 25.0 Å². The fraction of sp³-hybridized carbons (Fsp3) is 0.467. The molecule has 19 heavy (non-hydrogen) atoms. The molecule has 0 N–H and O–H groups in total. The van der Waals surface area contributed by atoms with E-state index < -0.39 is 0 Å². The van der Waals surface area contributed by atoms with E-state index in [0.29, 0.717) is 17.4 Å². The van der Waals surface area contributed by atoms with Crippen molar-refractivity contribution in [1.82, 2.24) is 9.55 Å². The first-order valence-corrected chi connectivity index (χ1v) is 7.27. The molecular formula is C15H17ClN2O. The third-order valence-electron chi connectivity index (χ3n) is 4.09. The number of benzene rings is 1. The SMILES string of the molecule is CCC(CC)c1nc2c(Cl)ccc3c2n1CCC3=O. The molecule has 100 valence electrons. The normalized spacial score (nSPS) is 14.6. The maximum atomic E-state index is 12.0. The summed E-state index contributed by atoms with van der Waals surface area (Å²) in [4.78, 5) is 16.8. The van der Waals surface area contributed by atoms with E-state index in [1.807, 2.05) is 6.07 Å². The molecule has 1 aromatic heterocycles. The lowest BCUT2D eigenvalue weighted by molar-refractivity contribution is 0.0972. The van der Waals surface area contributed by atoms with Crippen LogP contribution in [0.4, 0.5) is 0 Å². The molecule has 0 saturated heterocycles. The monoisotopic (exact) mass is 276 g/mol. The zero-order valence-electron chi connectivity index (χ0n) is 11.2. The third-order valence-corrected chi connectivity index (χ3v) is 4.39. The molecule has 3 nitrogen and oxygen atoms in total. The largest absolute Gasteiger partial charge is 0.327 e. The summed E-state index contributed by atoms with van der Waals surface area (Å²) in [6, 6.07) is 3.62. The van der Waals surface area contributed by atoms with E-state index in [9.17, 15) is 4.79 Å². The Morgan fingerprint density at radius 2 is 2.11 bits per heavy atom. The highest BCUT2D eigenvalue weighted by molar-refractivity contribution is 6.35. The van der Waals surface area contributed by atoms with Crippen LogP contribution in [0.15, 0.2) is 12.1 Å². The Balaban J connectivity index is 2.33. The van der Waals surface area contributed by atoms with Gasteiger partial charge >= 0.3 is 0 Å². The number of halogens is 1. The summed E-state index contributed by atoms with van der Waals surface area (Å²) >= 11 is 6.25. The zero-order chi connectivity index (χ0) is 13.6. The molecule has 0 amide bonds. The Kier molecular flexibility index (Phi) is 3.09. The first-order chi connectivity index (χ1) is 9.17. The third kappa shape index (κ3) is 1.79. The van der Waals surface area contributed by atoms with Gasteiger partial charge in [-0.3, -0.25) is 4.79 Å². The molecule has 0 saturated carbocycles. The van der Waals surface area contributed by atoms with Gasteiger partial charge in [-0.1, -0.05) is 25.4 Å². The van der Waals surface area contributed by atoms with E-state index in [-0.39, 0.29) is 5.78 Å². The van der Waals surface area contributed by atoms with Crippen LogP contribution in [0.5, 0.6) is 0 Å². The minimum Gasteiger partial charge on any atom is -0.327 e. The smallest absolute Gasteiger partial charge is 0.166 e. The van der Waals surface area contributed by atoms with Crippen molar-refractivity contribution in [3.8, 4) is 0 Å². The topological polar surface area (TPSA) is 34.9 Å². The first kappa shape index (κ1) is 12.7. The number of imidazole rings is 1. The number of nitrogens with zero attached hydrogens (tertiary/aromatic N) is 2. The Morgan fingerprint density at radius 3 is 2.79 bits per heavy atom. The Bertz CT molecular complexity index is 656. The van der Waals surface area contributed by atoms with Gasteiger partial charge in [0.2, 0.25) is 0 Å². The van der Waals surface area contributed by atoms with Crippen molar-refractivity contribution in [3.63, 3.8) is 0 Å². The number of aromatic nitrogens is 2. The van der Waals surface area contributed by atoms with E-state index in [2.05, 4.69) is 18.4 Å². The summed E-state index contributed by atoms with van der Waals surface area (Å²) < 4.78 is 2.20. The highest BCUT2D eigenvalue weighted by Crippen LogP contribution is 2.35. The quantitative estimate of drug-likeness (QED) is 0.843. The van der Waals surface area contributed by atoms with Gasteiger partial charge in [0.25, 0.3) is 0 Å². The molecule has 1 aliphatic heterocycles. The average Bonchev–Trinajstić information content (AvgIpc) is 2.79. The van der Waals surface area contributed by atoms with Crippen LogP contribution in [0.2, 0.25) is 5.02 Å². The maximum absolute atomic E-state index is 12.0. The molecule has 0 aliphatic carbocycles. The average molecular weight is 277 g/mol. The van der Waals surface area contributed by atoms with Gasteiger partial charge in [-0.2, -0.15) is 0 Å². The number of rotatable bonds is 3. The lowest BCUT2D eigenvalue weighted by Gasteiger charge is -2.19. The molecule has 0 radical (unpaired) electrons. The van der Waals surface area contributed by atoms with Crippen LogP contribution in [-0.4, -0.2) is 15.3 Å². The molecule has 2 heterocycles. The second kappa shape index (κ2) is 4.64. The second-order valence-corrected chi connectivity index (χ2v) is 5.51. The highest BCUT2D eigenvalue weighted by Gasteiger charge is 2.26. The Labute approximate surface area is 117 Å². The molecule has 0 unspecified atom stereocenters. The van der Waals surface area contributed by atoms with Gasteiger partial charge in [0.05, 0.1) is 10.5 Å². The van der Waals surface area contributed by atoms with Crippen molar-refractivity contribution in [2.24, 2.45) is 0 Å². The Hall–Kier alpha value is -1.35. The van der Waals surface area contributed by atoms with Crippen LogP contribution in [0.1, 0.15) is 55.2 Å². The fourth-order valence-corrected chi connectivity index (χ4v) is 3.18. The van der Waals surface area contributed by atoms with Crippen LogP contribution in [0.3, 0.4) is 0 Å². The van der Waals surface area contributed by atoms with Crippen LogP contribution in [-0.2, 0) is 6.54 Å². The summed E-state index contributed by atoms with van der Waals surface area (Å²) in [5.74, 6) is 1.72. The van der Waals surface area contributed by atoms with Crippen molar-refractivity contribution in [1.29, 1.82) is 0 Å². The van der Waals surface area contributed by atoms with E-state index >= 15 is 0 Å². The number of hydrogen-bond donors (Lipinski definition) is 0. The van der Waals surface area contributed by atoms with Gasteiger partial charge in [0, 0.05) is 24.4 Å². The second-order valence-electron chi connectivity index (χ2n) is 5.10. The summed E-state index contributed by atoms with van der Waals surface area (Å²) in [7, 11) is 0. The Morgan fingerprint density at radius 1 is 1.37 bits per heavy atom. The molecule has 0 fully saturated rings. The van der Waals surface area contributed by atoms with Gasteiger partial charge < -0.3 is 4.57 Å². The first-order valence-electron chi connectivity index (χ1n) is 6.89. The predicted molar refractivity (Wildman–Crippen MR) is 77.0 cm³/mol. The van der Waals surface area contributed by atoms with Crippen LogP contribution in [0, 0.1) is 0 Å². The number of Topliss-reactive ketones (excluding diaryl/α,β-unsaturated/α-hetero) is 1. The molecule has 0 spiro atoms. The van der Waals surface area contributed by atoms with E-state index in [1.165, 1.54) is 0 Å². The van der Waals surface area contributed by atoms with Crippen LogP contribution in [0.25, 0.3) is 11.0 Å². The van der Waals surface area contributed by atoms with E-state index in [1.54, 1.807) is 6.07 Å². The van der Waals surface area contributed by atoms with E-state index in [4.69, 9.17) is 16.6 Å². The van der Waals surface area contributed by atoms with E-state index in [0.717, 1.165) is 41.8 Å². The molecule has 2 aromatic rings. The highest BCUT2D eigenvalue weighted by atomic mass is 35.5.